The standard InChI is InChI=1S/C10H16IN3/c1-7(10(2,3)4)14-9-8(11)5-12-6-13-9/h5-7H,1-4H3,(H,12,13,14). The molecular formula is C10H16IN3. The van der Waals surface area contributed by atoms with Gasteiger partial charge < -0.3 is 5.32 Å². The molecule has 0 radical (unpaired) electrons. The smallest absolute Gasteiger partial charge is 0.143 e. The van der Waals surface area contributed by atoms with E-state index < -0.39 is 0 Å². The van der Waals surface area contributed by atoms with E-state index in [1.54, 1.807) is 6.33 Å². The Morgan fingerprint density at radius 3 is 2.57 bits per heavy atom. The maximum atomic E-state index is 4.20. The third-order valence-electron chi connectivity index (χ3n) is 2.32. The number of nitrogens with zero attached hydrogens (tertiary/aromatic N) is 2. The van der Waals surface area contributed by atoms with Crippen molar-refractivity contribution in [3.05, 3.63) is 16.1 Å². The van der Waals surface area contributed by atoms with Gasteiger partial charge in [-0.2, -0.15) is 0 Å². The molecule has 78 valence electrons. The van der Waals surface area contributed by atoms with E-state index >= 15 is 0 Å². The second-order valence-corrected chi connectivity index (χ2v) is 5.61. The number of rotatable bonds is 2. The molecule has 0 spiro atoms. The largest absolute Gasteiger partial charge is 0.366 e. The summed E-state index contributed by atoms with van der Waals surface area (Å²) in [4.78, 5) is 8.16. The number of hydrogen-bond acceptors (Lipinski definition) is 3. The maximum absolute atomic E-state index is 4.20. The van der Waals surface area contributed by atoms with Crippen LogP contribution in [0.2, 0.25) is 0 Å². The number of hydrogen-bond donors (Lipinski definition) is 1. The fourth-order valence-electron chi connectivity index (χ4n) is 0.840. The summed E-state index contributed by atoms with van der Waals surface area (Å²) in [6.07, 6.45) is 3.38. The summed E-state index contributed by atoms with van der Waals surface area (Å²) in [5, 5.41) is 3.39. The molecule has 14 heavy (non-hydrogen) atoms. The minimum Gasteiger partial charge on any atom is -0.366 e. The molecule has 4 heteroatoms. The Bertz CT molecular complexity index is 306. The molecule has 0 aliphatic carbocycles. The first kappa shape index (κ1) is 11.7. The van der Waals surface area contributed by atoms with Crippen molar-refractivity contribution in [3.63, 3.8) is 0 Å². The lowest BCUT2D eigenvalue weighted by Gasteiger charge is -2.28. The molecule has 1 rings (SSSR count). The van der Waals surface area contributed by atoms with Crippen molar-refractivity contribution in [1.82, 2.24) is 9.97 Å². The molecule has 1 atom stereocenters. The van der Waals surface area contributed by atoms with Gasteiger partial charge in [-0.05, 0) is 34.9 Å². The van der Waals surface area contributed by atoms with Crippen molar-refractivity contribution in [2.45, 2.75) is 33.7 Å². The zero-order chi connectivity index (χ0) is 10.8. The van der Waals surface area contributed by atoms with Gasteiger partial charge in [0.05, 0.1) is 3.57 Å². The lowest BCUT2D eigenvalue weighted by atomic mass is 9.88. The first-order valence-electron chi connectivity index (χ1n) is 4.63. The molecule has 3 nitrogen and oxygen atoms in total. The van der Waals surface area contributed by atoms with Gasteiger partial charge in [0.25, 0.3) is 0 Å². The van der Waals surface area contributed by atoms with E-state index in [9.17, 15) is 0 Å². The molecule has 1 aromatic rings. The summed E-state index contributed by atoms with van der Waals surface area (Å²) in [7, 11) is 0. The Labute approximate surface area is 98.9 Å². The normalized spacial score (nSPS) is 13.8. The molecule has 1 aromatic heterocycles. The van der Waals surface area contributed by atoms with Crippen molar-refractivity contribution < 1.29 is 0 Å². The van der Waals surface area contributed by atoms with Crippen LogP contribution in [0.4, 0.5) is 5.82 Å². The van der Waals surface area contributed by atoms with Crippen LogP contribution < -0.4 is 5.32 Å². The molecule has 0 fully saturated rings. The maximum Gasteiger partial charge on any atom is 0.143 e. The monoisotopic (exact) mass is 305 g/mol. The minimum absolute atomic E-state index is 0.230. The van der Waals surface area contributed by atoms with E-state index in [4.69, 9.17) is 0 Å². The van der Waals surface area contributed by atoms with Crippen molar-refractivity contribution in [1.29, 1.82) is 0 Å². The van der Waals surface area contributed by atoms with Gasteiger partial charge in [-0.25, -0.2) is 9.97 Å². The molecule has 0 bridgehead atoms. The first-order valence-corrected chi connectivity index (χ1v) is 5.71. The average Bonchev–Trinajstić information content (AvgIpc) is 2.07. The van der Waals surface area contributed by atoms with Crippen LogP contribution >= 0.6 is 22.6 Å². The highest BCUT2D eigenvalue weighted by atomic mass is 127. The minimum atomic E-state index is 0.230. The number of nitrogens with one attached hydrogen (secondary N) is 1. The van der Waals surface area contributed by atoms with Crippen molar-refractivity contribution in [2.75, 3.05) is 5.32 Å². The number of aromatic nitrogens is 2. The molecule has 1 N–H and O–H groups in total. The van der Waals surface area contributed by atoms with E-state index in [1.807, 2.05) is 6.20 Å². The molecule has 0 aromatic carbocycles. The SMILES string of the molecule is CC(Nc1ncncc1I)C(C)(C)C. The zero-order valence-corrected chi connectivity index (χ0v) is 11.2. The van der Waals surface area contributed by atoms with Gasteiger partial charge in [0.1, 0.15) is 12.1 Å². The third kappa shape index (κ3) is 3.08. The van der Waals surface area contributed by atoms with E-state index in [0.29, 0.717) is 6.04 Å². The zero-order valence-electron chi connectivity index (χ0n) is 9.00. The van der Waals surface area contributed by atoms with Gasteiger partial charge in [-0.15, -0.1) is 0 Å². The molecule has 0 saturated heterocycles. The summed E-state index contributed by atoms with van der Waals surface area (Å²) in [6, 6.07) is 0.380. The molecule has 1 heterocycles. The number of halogens is 1. The second kappa shape index (κ2) is 4.42. The van der Waals surface area contributed by atoms with Gasteiger partial charge in [0.2, 0.25) is 0 Å². The molecule has 0 aliphatic rings. The predicted octanol–water partition coefficient (Wildman–Crippen LogP) is 2.93. The molecular weight excluding hydrogens is 289 g/mol. The van der Waals surface area contributed by atoms with Crippen molar-refractivity contribution >= 4 is 28.4 Å². The fourth-order valence-corrected chi connectivity index (χ4v) is 1.30. The van der Waals surface area contributed by atoms with E-state index in [0.717, 1.165) is 9.39 Å². The fraction of sp³-hybridized carbons (Fsp3) is 0.600. The van der Waals surface area contributed by atoms with Crippen LogP contribution in [0.25, 0.3) is 0 Å². The Morgan fingerprint density at radius 1 is 1.43 bits per heavy atom. The Hall–Kier alpha value is -0.390. The van der Waals surface area contributed by atoms with E-state index in [2.05, 4.69) is 65.6 Å². The van der Waals surface area contributed by atoms with E-state index in [1.165, 1.54) is 0 Å². The first-order chi connectivity index (χ1) is 6.41. The molecule has 1 unspecified atom stereocenters. The quantitative estimate of drug-likeness (QED) is 0.854. The summed E-state index contributed by atoms with van der Waals surface area (Å²) < 4.78 is 1.06. The van der Waals surface area contributed by atoms with Crippen LogP contribution in [-0.4, -0.2) is 16.0 Å². The highest BCUT2D eigenvalue weighted by Gasteiger charge is 2.20. The van der Waals surface area contributed by atoms with E-state index in [-0.39, 0.29) is 5.41 Å². The van der Waals surface area contributed by atoms with Crippen LogP contribution in [0, 0.1) is 8.99 Å². The van der Waals surface area contributed by atoms with Crippen LogP contribution in [0.5, 0.6) is 0 Å². The van der Waals surface area contributed by atoms with Crippen LogP contribution in [-0.2, 0) is 0 Å². The summed E-state index contributed by atoms with van der Waals surface area (Å²) in [5.41, 5.74) is 0.230. The average molecular weight is 305 g/mol. The number of anilines is 1. The molecule has 0 amide bonds. The van der Waals surface area contributed by atoms with Crippen LogP contribution in [0.3, 0.4) is 0 Å². The Morgan fingerprint density at radius 2 is 2.07 bits per heavy atom. The van der Waals surface area contributed by atoms with Crippen LogP contribution in [0.15, 0.2) is 12.5 Å². The molecule has 0 saturated carbocycles. The predicted molar refractivity (Wildman–Crippen MR) is 67.3 cm³/mol. The van der Waals surface area contributed by atoms with Crippen LogP contribution in [0.1, 0.15) is 27.7 Å². The lowest BCUT2D eigenvalue weighted by Crippen LogP contribution is -2.31. The summed E-state index contributed by atoms with van der Waals surface area (Å²) >= 11 is 2.23. The topological polar surface area (TPSA) is 37.8 Å². The Balaban J connectivity index is 2.75. The van der Waals surface area contributed by atoms with Gasteiger partial charge in [0.15, 0.2) is 0 Å². The third-order valence-corrected chi connectivity index (χ3v) is 3.11. The highest BCUT2D eigenvalue weighted by Crippen LogP contribution is 2.23. The van der Waals surface area contributed by atoms with Gasteiger partial charge in [-0.3, -0.25) is 0 Å². The molecule has 0 aliphatic heterocycles. The van der Waals surface area contributed by atoms with Crippen molar-refractivity contribution in [3.8, 4) is 0 Å². The second-order valence-electron chi connectivity index (χ2n) is 4.45. The summed E-state index contributed by atoms with van der Waals surface area (Å²) in [6.45, 7) is 8.79. The van der Waals surface area contributed by atoms with Gasteiger partial charge in [0, 0.05) is 12.2 Å². The summed E-state index contributed by atoms with van der Waals surface area (Å²) in [5.74, 6) is 0.919. The lowest BCUT2D eigenvalue weighted by molar-refractivity contribution is 0.358. The van der Waals surface area contributed by atoms with Gasteiger partial charge in [-0.1, -0.05) is 20.8 Å². The van der Waals surface area contributed by atoms with Crippen molar-refractivity contribution in [2.24, 2.45) is 5.41 Å². The highest BCUT2D eigenvalue weighted by molar-refractivity contribution is 14.1. The van der Waals surface area contributed by atoms with Gasteiger partial charge >= 0.3 is 0 Å². The Kier molecular flexibility index (Phi) is 3.69.